The monoisotopic (exact) mass is 418 g/mol. The van der Waals surface area contributed by atoms with Crippen LogP contribution >= 0.6 is 0 Å². The smallest absolute Gasteiger partial charge is 0.229 e. The molecule has 2 aromatic carbocycles. The molecule has 0 aromatic heterocycles. The van der Waals surface area contributed by atoms with Crippen LogP contribution in [0.2, 0.25) is 0 Å². The summed E-state index contributed by atoms with van der Waals surface area (Å²) in [5, 5.41) is 0. The number of sulfonamides is 1. The molecule has 8 heteroatoms. The predicted octanol–water partition coefficient (Wildman–Crippen LogP) is 3.12. The average molecular weight is 418 g/mol. The zero-order chi connectivity index (χ0) is 21.0. The van der Waals surface area contributed by atoms with Crippen molar-refractivity contribution in [2.45, 2.75) is 25.3 Å². The van der Waals surface area contributed by atoms with Crippen LogP contribution in [0.15, 0.2) is 48.5 Å². The maximum atomic E-state index is 13.1. The Morgan fingerprint density at radius 2 is 1.66 bits per heavy atom. The molecule has 3 rings (SSSR count). The molecule has 0 saturated carbocycles. The lowest BCUT2D eigenvalue weighted by Crippen LogP contribution is -2.47. The molecule has 1 heterocycles. The average Bonchev–Trinajstić information content (AvgIpc) is 2.68. The highest BCUT2D eigenvalue weighted by Crippen LogP contribution is 2.22. The van der Waals surface area contributed by atoms with Crippen LogP contribution in [0.5, 0.6) is 0 Å². The predicted molar refractivity (Wildman–Crippen MR) is 109 cm³/mol. The summed E-state index contributed by atoms with van der Waals surface area (Å²) >= 11 is 0. The summed E-state index contributed by atoms with van der Waals surface area (Å²) in [5.41, 5.74) is 1.26. The SMILES string of the molecule is CS(=O)(=O)Nc1ccc(C(=O)CN2CCCCC2C(=O)c2ccc(F)cc2)cc1. The van der Waals surface area contributed by atoms with Crippen LogP contribution in [0.25, 0.3) is 0 Å². The van der Waals surface area contributed by atoms with Crippen molar-refractivity contribution in [2.24, 2.45) is 0 Å². The number of likely N-dealkylation sites (tertiary alicyclic amines) is 1. The molecule has 1 atom stereocenters. The number of anilines is 1. The van der Waals surface area contributed by atoms with E-state index in [9.17, 15) is 22.4 Å². The lowest BCUT2D eigenvalue weighted by Gasteiger charge is -2.34. The van der Waals surface area contributed by atoms with Gasteiger partial charge >= 0.3 is 0 Å². The van der Waals surface area contributed by atoms with E-state index in [0.29, 0.717) is 29.8 Å². The molecule has 1 aliphatic rings. The van der Waals surface area contributed by atoms with Crippen molar-refractivity contribution in [3.8, 4) is 0 Å². The molecule has 0 bridgehead atoms. The van der Waals surface area contributed by atoms with Crippen molar-refractivity contribution in [1.29, 1.82) is 0 Å². The Morgan fingerprint density at radius 1 is 1.03 bits per heavy atom. The van der Waals surface area contributed by atoms with Gasteiger partial charge in [0, 0.05) is 16.8 Å². The quantitative estimate of drug-likeness (QED) is 0.699. The molecule has 1 N–H and O–H groups in total. The van der Waals surface area contributed by atoms with E-state index in [1.165, 1.54) is 36.4 Å². The summed E-state index contributed by atoms with van der Waals surface area (Å²) in [5.74, 6) is -0.647. The van der Waals surface area contributed by atoms with Gasteiger partial charge in [0.1, 0.15) is 5.82 Å². The summed E-state index contributed by atoms with van der Waals surface area (Å²) in [4.78, 5) is 27.5. The lowest BCUT2D eigenvalue weighted by atomic mass is 9.93. The van der Waals surface area contributed by atoms with E-state index < -0.39 is 21.9 Å². The van der Waals surface area contributed by atoms with Crippen LogP contribution in [-0.2, 0) is 10.0 Å². The minimum Gasteiger partial charge on any atom is -0.293 e. The molecule has 29 heavy (non-hydrogen) atoms. The van der Waals surface area contributed by atoms with Crippen molar-refractivity contribution in [2.75, 3.05) is 24.1 Å². The van der Waals surface area contributed by atoms with E-state index in [1.807, 2.05) is 4.90 Å². The molecule has 0 spiro atoms. The molecule has 0 radical (unpaired) electrons. The van der Waals surface area contributed by atoms with Gasteiger partial charge in [-0.05, 0) is 67.9 Å². The second kappa shape index (κ2) is 8.84. The summed E-state index contributed by atoms with van der Waals surface area (Å²) in [6.07, 6.45) is 3.51. The largest absolute Gasteiger partial charge is 0.293 e. The number of hydrogen-bond acceptors (Lipinski definition) is 5. The maximum absolute atomic E-state index is 13.1. The Morgan fingerprint density at radius 3 is 2.28 bits per heavy atom. The Hall–Kier alpha value is -2.58. The minimum atomic E-state index is -3.38. The molecule has 1 fully saturated rings. The molecular weight excluding hydrogens is 395 g/mol. The summed E-state index contributed by atoms with van der Waals surface area (Å²) in [7, 11) is -3.38. The first-order valence-electron chi connectivity index (χ1n) is 9.38. The first-order chi connectivity index (χ1) is 13.7. The molecular formula is C21H23FN2O4S. The van der Waals surface area contributed by atoms with Gasteiger partial charge in [-0.25, -0.2) is 12.8 Å². The highest BCUT2D eigenvalue weighted by molar-refractivity contribution is 7.92. The van der Waals surface area contributed by atoms with Crippen LogP contribution < -0.4 is 4.72 Å². The maximum Gasteiger partial charge on any atom is 0.229 e. The highest BCUT2D eigenvalue weighted by atomic mass is 32.2. The topological polar surface area (TPSA) is 83.6 Å². The molecule has 2 aromatic rings. The van der Waals surface area contributed by atoms with Crippen molar-refractivity contribution in [3.63, 3.8) is 0 Å². The Balaban J connectivity index is 1.70. The number of ketones is 2. The number of hydrogen-bond donors (Lipinski definition) is 1. The third kappa shape index (κ3) is 5.71. The molecule has 1 aliphatic heterocycles. The van der Waals surface area contributed by atoms with E-state index in [-0.39, 0.29) is 18.1 Å². The second-order valence-corrected chi connectivity index (χ2v) is 8.98. The van der Waals surface area contributed by atoms with Crippen molar-refractivity contribution in [1.82, 2.24) is 4.90 Å². The van der Waals surface area contributed by atoms with E-state index >= 15 is 0 Å². The van der Waals surface area contributed by atoms with Crippen molar-refractivity contribution < 1.29 is 22.4 Å². The fourth-order valence-electron chi connectivity index (χ4n) is 3.50. The van der Waals surface area contributed by atoms with Crippen LogP contribution in [0, 0.1) is 5.82 Å². The van der Waals surface area contributed by atoms with Crippen molar-refractivity contribution in [3.05, 3.63) is 65.5 Å². The third-order valence-electron chi connectivity index (χ3n) is 4.90. The highest BCUT2D eigenvalue weighted by Gasteiger charge is 2.30. The van der Waals surface area contributed by atoms with Crippen molar-refractivity contribution >= 4 is 27.3 Å². The fourth-order valence-corrected chi connectivity index (χ4v) is 4.06. The molecule has 0 aliphatic carbocycles. The first-order valence-corrected chi connectivity index (χ1v) is 11.3. The Labute approximate surface area is 169 Å². The van der Waals surface area contributed by atoms with Gasteiger partial charge in [-0.15, -0.1) is 0 Å². The zero-order valence-electron chi connectivity index (χ0n) is 16.1. The van der Waals surface area contributed by atoms with Gasteiger partial charge < -0.3 is 0 Å². The first kappa shape index (κ1) is 21.1. The van der Waals surface area contributed by atoms with Gasteiger partial charge in [-0.1, -0.05) is 6.42 Å². The molecule has 6 nitrogen and oxygen atoms in total. The molecule has 1 saturated heterocycles. The number of Topliss-reactive ketones (excluding diaryl/α,β-unsaturated/α-hetero) is 2. The second-order valence-electron chi connectivity index (χ2n) is 7.23. The number of rotatable bonds is 7. The third-order valence-corrected chi connectivity index (χ3v) is 5.51. The van der Waals surface area contributed by atoms with Gasteiger partial charge in [0.15, 0.2) is 11.6 Å². The number of halogens is 1. The number of carbonyl (C=O) groups is 2. The molecule has 0 amide bonds. The van der Waals surface area contributed by atoms with Crippen LogP contribution in [0.4, 0.5) is 10.1 Å². The van der Waals surface area contributed by atoms with E-state index in [1.54, 1.807) is 12.1 Å². The van der Waals surface area contributed by atoms with Crippen LogP contribution in [0.3, 0.4) is 0 Å². The minimum absolute atomic E-state index is 0.0937. The number of benzene rings is 2. The molecule has 1 unspecified atom stereocenters. The van der Waals surface area contributed by atoms with E-state index in [0.717, 1.165) is 19.1 Å². The van der Waals surface area contributed by atoms with Gasteiger partial charge in [-0.2, -0.15) is 0 Å². The van der Waals surface area contributed by atoms with Gasteiger partial charge in [0.05, 0.1) is 18.8 Å². The van der Waals surface area contributed by atoms with E-state index in [4.69, 9.17) is 0 Å². The lowest BCUT2D eigenvalue weighted by molar-refractivity contribution is 0.0699. The van der Waals surface area contributed by atoms with Gasteiger partial charge in [0.2, 0.25) is 10.0 Å². The number of piperidine rings is 1. The standard InChI is InChI=1S/C21H23FN2O4S/c1-29(27,28)23-18-11-7-15(8-12-18)20(25)14-24-13-3-2-4-19(24)21(26)16-5-9-17(22)10-6-16/h5-12,19,23H,2-4,13-14H2,1H3. The van der Waals surface area contributed by atoms with Gasteiger partial charge in [0.25, 0.3) is 0 Å². The molecule has 154 valence electrons. The number of nitrogens with zero attached hydrogens (tertiary/aromatic N) is 1. The van der Waals surface area contributed by atoms with Crippen LogP contribution in [-0.4, -0.2) is 50.3 Å². The van der Waals surface area contributed by atoms with E-state index in [2.05, 4.69) is 4.72 Å². The zero-order valence-corrected chi connectivity index (χ0v) is 16.9. The van der Waals surface area contributed by atoms with Gasteiger partial charge in [-0.3, -0.25) is 19.2 Å². The fraction of sp³-hybridized carbons (Fsp3) is 0.333. The Kier molecular flexibility index (Phi) is 6.44. The summed E-state index contributed by atoms with van der Waals surface area (Å²) < 4.78 is 38.1. The Bertz CT molecular complexity index is 988. The van der Waals surface area contributed by atoms with Crippen LogP contribution in [0.1, 0.15) is 40.0 Å². The normalized spacial score (nSPS) is 17.7. The summed E-state index contributed by atoms with van der Waals surface area (Å²) in [6, 6.07) is 11.3. The number of nitrogens with one attached hydrogen (secondary N) is 1. The summed E-state index contributed by atoms with van der Waals surface area (Å²) in [6.45, 7) is 0.730. The number of carbonyl (C=O) groups excluding carboxylic acids is 2.